The molecule has 106 valence electrons. The van der Waals surface area contributed by atoms with E-state index in [0.29, 0.717) is 5.75 Å². The highest BCUT2D eigenvalue weighted by atomic mass is 79.9. The van der Waals surface area contributed by atoms with E-state index in [1.54, 1.807) is 13.2 Å². The monoisotopic (exact) mass is 337 g/mol. The predicted octanol–water partition coefficient (Wildman–Crippen LogP) is 4.26. The summed E-state index contributed by atoms with van der Waals surface area (Å²) in [5.74, 6) is 0.424. The number of rotatable bonds is 3. The Morgan fingerprint density at radius 1 is 1.10 bits per heavy atom. The van der Waals surface area contributed by atoms with Crippen molar-refractivity contribution < 1.29 is 9.13 Å². The first-order valence-corrected chi connectivity index (χ1v) is 7.09. The molecule has 0 bridgehead atoms. The van der Waals surface area contributed by atoms with Crippen molar-refractivity contribution >= 4 is 15.9 Å². The number of halogens is 2. The summed E-state index contributed by atoms with van der Waals surface area (Å²) in [4.78, 5) is 0. The summed E-state index contributed by atoms with van der Waals surface area (Å²) in [5, 5.41) is 0. The molecule has 1 unspecified atom stereocenters. The van der Waals surface area contributed by atoms with Crippen molar-refractivity contribution in [3.8, 4) is 5.75 Å². The molecule has 20 heavy (non-hydrogen) atoms. The molecule has 4 heteroatoms. The van der Waals surface area contributed by atoms with Crippen LogP contribution >= 0.6 is 15.9 Å². The molecule has 0 fully saturated rings. The van der Waals surface area contributed by atoms with Gasteiger partial charge in [-0.3, -0.25) is 0 Å². The zero-order valence-corrected chi connectivity index (χ0v) is 13.3. The maximum atomic E-state index is 13.5. The topological polar surface area (TPSA) is 35.2 Å². The van der Waals surface area contributed by atoms with Gasteiger partial charge in [0, 0.05) is 10.0 Å². The Hall–Kier alpha value is -1.39. The molecule has 0 saturated heterocycles. The second-order valence-electron chi connectivity index (χ2n) is 4.82. The van der Waals surface area contributed by atoms with Gasteiger partial charge in [-0.15, -0.1) is 0 Å². The largest absolute Gasteiger partial charge is 0.496 e. The molecular formula is C16H17BrFNO. The Morgan fingerprint density at radius 2 is 1.80 bits per heavy atom. The average molecular weight is 338 g/mol. The first-order chi connectivity index (χ1) is 9.43. The molecule has 0 aliphatic rings. The van der Waals surface area contributed by atoms with Gasteiger partial charge in [-0.05, 0) is 54.8 Å². The van der Waals surface area contributed by atoms with E-state index in [0.717, 1.165) is 26.7 Å². The number of aryl methyl sites for hydroxylation is 2. The quantitative estimate of drug-likeness (QED) is 0.907. The van der Waals surface area contributed by atoms with Crippen LogP contribution in [0.1, 0.15) is 28.3 Å². The van der Waals surface area contributed by atoms with Gasteiger partial charge in [0.25, 0.3) is 0 Å². The molecule has 0 amide bonds. The van der Waals surface area contributed by atoms with Crippen LogP contribution in [0, 0.1) is 19.7 Å². The molecule has 2 rings (SSSR count). The summed E-state index contributed by atoms with van der Waals surface area (Å²) in [5.41, 5.74) is 9.93. The van der Waals surface area contributed by atoms with Gasteiger partial charge in [0.15, 0.2) is 0 Å². The lowest BCUT2D eigenvalue weighted by Crippen LogP contribution is -2.15. The van der Waals surface area contributed by atoms with Gasteiger partial charge in [-0.2, -0.15) is 0 Å². The fraction of sp³-hybridized carbons (Fsp3) is 0.250. The lowest BCUT2D eigenvalue weighted by molar-refractivity contribution is 0.407. The third kappa shape index (κ3) is 2.86. The predicted molar refractivity (Wildman–Crippen MR) is 82.6 cm³/mol. The minimum absolute atomic E-state index is 0.286. The molecule has 0 heterocycles. The number of ether oxygens (including phenoxy) is 1. The molecule has 2 N–H and O–H groups in total. The Kier molecular flexibility index (Phi) is 4.45. The van der Waals surface area contributed by atoms with E-state index < -0.39 is 6.04 Å². The molecule has 2 aromatic rings. The van der Waals surface area contributed by atoms with E-state index in [-0.39, 0.29) is 5.82 Å². The van der Waals surface area contributed by atoms with E-state index in [4.69, 9.17) is 10.5 Å². The number of hydrogen-bond donors (Lipinski definition) is 1. The van der Waals surface area contributed by atoms with E-state index in [2.05, 4.69) is 15.9 Å². The number of methoxy groups -OCH3 is 1. The second kappa shape index (κ2) is 5.94. The smallest absolute Gasteiger partial charge is 0.124 e. The Bertz CT molecular complexity index is 643. The maximum absolute atomic E-state index is 13.5. The highest BCUT2D eigenvalue weighted by Crippen LogP contribution is 2.34. The fourth-order valence-electron chi connectivity index (χ4n) is 2.20. The Balaban J connectivity index is 2.55. The highest BCUT2D eigenvalue weighted by Gasteiger charge is 2.18. The molecule has 0 aromatic heterocycles. The SMILES string of the molecule is COc1cc(C)c(Br)cc1C(N)c1cc(F)ccc1C. The summed E-state index contributed by atoms with van der Waals surface area (Å²) in [7, 11) is 1.61. The zero-order valence-electron chi connectivity index (χ0n) is 11.7. The van der Waals surface area contributed by atoms with Crippen LogP contribution in [0.15, 0.2) is 34.8 Å². The van der Waals surface area contributed by atoms with Gasteiger partial charge in [-0.25, -0.2) is 4.39 Å². The van der Waals surface area contributed by atoms with Crippen molar-refractivity contribution in [1.29, 1.82) is 0 Å². The summed E-state index contributed by atoms with van der Waals surface area (Å²) < 4.78 is 19.8. The lowest BCUT2D eigenvalue weighted by Gasteiger charge is -2.19. The normalized spacial score (nSPS) is 12.3. The maximum Gasteiger partial charge on any atom is 0.124 e. The molecule has 0 spiro atoms. The number of hydrogen-bond acceptors (Lipinski definition) is 2. The van der Waals surface area contributed by atoms with E-state index >= 15 is 0 Å². The molecule has 0 saturated carbocycles. The molecule has 1 atom stereocenters. The van der Waals surface area contributed by atoms with Crippen molar-refractivity contribution in [2.45, 2.75) is 19.9 Å². The van der Waals surface area contributed by atoms with Gasteiger partial charge in [-0.1, -0.05) is 22.0 Å². The number of benzene rings is 2. The van der Waals surface area contributed by atoms with Crippen LogP contribution in [0.25, 0.3) is 0 Å². The van der Waals surface area contributed by atoms with Gasteiger partial charge < -0.3 is 10.5 Å². The third-order valence-electron chi connectivity index (χ3n) is 3.42. The molecule has 2 aromatic carbocycles. The van der Waals surface area contributed by atoms with Gasteiger partial charge in [0.2, 0.25) is 0 Å². The lowest BCUT2D eigenvalue weighted by atomic mass is 9.94. The second-order valence-corrected chi connectivity index (χ2v) is 5.68. The summed E-state index contributed by atoms with van der Waals surface area (Å²) in [6.45, 7) is 3.90. The van der Waals surface area contributed by atoms with Crippen molar-refractivity contribution in [3.05, 3.63) is 62.9 Å². The number of nitrogens with two attached hydrogens (primary N) is 1. The van der Waals surface area contributed by atoms with Crippen LogP contribution in [0.3, 0.4) is 0 Å². The van der Waals surface area contributed by atoms with Crippen LogP contribution in [0.5, 0.6) is 5.75 Å². The fourth-order valence-corrected chi connectivity index (χ4v) is 2.57. The summed E-state index contributed by atoms with van der Waals surface area (Å²) in [6, 6.07) is 8.08. The molecule has 0 radical (unpaired) electrons. The summed E-state index contributed by atoms with van der Waals surface area (Å²) >= 11 is 3.50. The standard InChI is InChI=1S/C16H17BrFNO/c1-9-4-5-11(18)7-12(9)16(19)13-8-14(17)10(2)6-15(13)20-3/h4-8,16H,19H2,1-3H3. The average Bonchev–Trinajstić information content (AvgIpc) is 2.43. The Labute approximate surface area is 126 Å². The minimum atomic E-state index is -0.433. The first kappa shape index (κ1) is 15.0. The van der Waals surface area contributed by atoms with Gasteiger partial charge in [0.1, 0.15) is 11.6 Å². The molecule has 0 aliphatic heterocycles. The minimum Gasteiger partial charge on any atom is -0.496 e. The molecular weight excluding hydrogens is 321 g/mol. The van der Waals surface area contributed by atoms with E-state index in [1.807, 2.05) is 26.0 Å². The Morgan fingerprint density at radius 3 is 2.45 bits per heavy atom. The first-order valence-electron chi connectivity index (χ1n) is 6.29. The molecule has 2 nitrogen and oxygen atoms in total. The van der Waals surface area contributed by atoms with Crippen LogP contribution in [-0.4, -0.2) is 7.11 Å². The van der Waals surface area contributed by atoms with Gasteiger partial charge >= 0.3 is 0 Å². The van der Waals surface area contributed by atoms with Crippen LogP contribution < -0.4 is 10.5 Å². The van der Waals surface area contributed by atoms with Crippen molar-refractivity contribution in [3.63, 3.8) is 0 Å². The third-order valence-corrected chi connectivity index (χ3v) is 4.28. The highest BCUT2D eigenvalue weighted by molar-refractivity contribution is 9.10. The van der Waals surface area contributed by atoms with Crippen molar-refractivity contribution in [1.82, 2.24) is 0 Å². The van der Waals surface area contributed by atoms with Crippen molar-refractivity contribution in [2.75, 3.05) is 7.11 Å². The van der Waals surface area contributed by atoms with Gasteiger partial charge in [0.05, 0.1) is 13.2 Å². The molecule has 0 aliphatic carbocycles. The van der Waals surface area contributed by atoms with Crippen LogP contribution in [0.2, 0.25) is 0 Å². The summed E-state index contributed by atoms with van der Waals surface area (Å²) in [6.07, 6.45) is 0. The van der Waals surface area contributed by atoms with E-state index in [1.165, 1.54) is 12.1 Å². The van der Waals surface area contributed by atoms with E-state index in [9.17, 15) is 4.39 Å². The zero-order chi connectivity index (χ0) is 14.9. The van der Waals surface area contributed by atoms with Crippen LogP contribution in [0.4, 0.5) is 4.39 Å². The van der Waals surface area contributed by atoms with Crippen LogP contribution in [-0.2, 0) is 0 Å². The van der Waals surface area contributed by atoms with Crippen molar-refractivity contribution in [2.24, 2.45) is 5.73 Å².